The van der Waals surface area contributed by atoms with Crippen LogP contribution in [0.25, 0.3) is 0 Å². The summed E-state index contributed by atoms with van der Waals surface area (Å²) in [7, 11) is 0. The fourth-order valence-corrected chi connectivity index (χ4v) is 2.20. The van der Waals surface area contributed by atoms with Crippen molar-refractivity contribution >= 4 is 5.91 Å². The van der Waals surface area contributed by atoms with Gasteiger partial charge in [-0.05, 0) is 19.4 Å². The predicted octanol–water partition coefficient (Wildman–Crippen LogP) is 0.731. The number of H-pyrrole nitrogens is 1. The summed E-state index contributed by atoms with van der Waals surface area (Å²) in [5.41, 5.74) is 1.34. The van der Waals surface area contributed by atoms with E-state index < -0.39 is 0 Å². The Labute approximate surface area is 103 Å². The summed E-state index contributed by atoms with van der Waals surface area (Å²) in [4.78, 5) is 18.0. The molecule has 1 fully saturated rings. The summed E-state index contributed by atoms with van der Waals surface area (Å²) in [6.45, 7) is 3.18. The van der Waals surface area contributed by atoms with Gasteiger partial charge in [0.2, 0.25) is 6.39 Å². The SMILES string of the molecule is Cc1cc(C(=O)N2CCC(c3ncon3)C2)n[nH]1. The molecule has 0 aromatic carbocycles. The van der Waals surface area contributed by atoms with Gasteiger partial charge in [-0.15, -0.1) is 0 Å². The zero-order valence-corrected chi connectivity index (χ0v) is 9.96. The Hall–Kier alpha value is -2.18. The molecule has 18 heavy (non-hydrogen) atoms. The Kier molecular flexibility index (Phi) is 2.58. The third-order valence-electron chi connectivity index (χ3n) is 3.14. The molecule has 1 N–H and O–H groups in total. The minimum Gasteiger partial charge on any atom is -0.343 e. The average Bonchev–Trinajstić information content (AvgIpc) is 3.09. The number of nitrogens with one attached hydrogen (secondary N) is 1. The van der Waals surface area contributed by atoms with Gasteiger partial charge in [0, 0.05) is 24.7 Å². The lowest BCUT2D eigenvalue weighted by atomic mass is 10.1. The quantitative estimate of drug-likeness (QED) is 0.845. The van der Waals surface area contributed by atoms with E-state index in [1.807, 2.05) is 6.92 Å². The van der Waals surface area contributed by atoms with Gasteiger partial charge in [0.15, 0.2) is 5.82 Å². The fourth-order valence-electron chi connectivity index (χ4n) is 2.20. The topological polar surface area (TPSA) is 87.9 Å². The van der Waals surface area contributed by atoms with Crippen molar-refractivity contribution in [3.63, 3.8) is 0 Å². The first-order valence-corrected chi connectivity index (χ1v) is 5.81. The van der Waals surface area contributed by atoms with Gasteiger partial charge in [-0.2, -0.15) is 10.1 Å². The van der Waals surface area contributed by atoms with Crippen molar-refractivity contribution in [1.82, 2.24) is 25.2 Å². The van der Waals surface area contributed by atoms with E-state index in [9.17, 15) is 4.79 Å². The van der Waals surface area contributed by atoms with Crippen molar-refractivity contribution in [3.8, 4) is 0 Å². The first-order chi connectivity index (χ1) is 8.74. The molecule has 0 radical (unpaired) electrons. The second-order valence-corrected chi connectivity index (χ2v) is 4.46. The molecule has 1 atom stereocenters. The highest BCUT2D eigenvalue weighted by Crippen LogP contribution is 2.25. The summed E-state index contributed by atoms with van der Waals surface area (Å²) >= 11 is 0. The van der Waals surface area contributed by atoms with Crippen LogP contribution in [0.5, 0.6) is 0 Å². The molecule has 1 aliphatic heterocycles. The van der Waals surface area contributed by atoms with E-state index in [4.69, 9.17) is 4.52 Å². The molecule has 0 spiro atoms. The molecule has 0 aliphatic carbocycles. The summed E-state index contributed by atoms with van der Waals surface area (Å²) < 4.78 is 4.73. The monoisotopic (exact) mass is 247 g/mol. The van der Waals surface area contributed by atoms with E-state index in [0.29, 0.717) is 24.6 Å². The minimum atomic E-state index is -0.0506. The van der Waals surface area contributed by atoms with Crippen molar-refractivity contribution in [2.45, 2.75) is 19.3 Å². The van der Waals surface area contributed by atoms with E-state index in [1.54, 1.807) is 11.0 Å². The second-order valence-electron chi connectivity index (χ2n) is 4.46. The van der Waals surface area contributed by atoms with Crippen molar-refractivity contribution < 1.29 is 9.32 Å². The highest BCUT2D eigenvalue weighted by molar-refractivity contribution is 5.92. The van der Waals surface area contributed by atoms with Gasteiger partial charge in [0.05, 0.1) is 0 Å². The smallest absolute Gasteiger partial charge is 0.274 e. The molecular formula is C11H13N5O2. The van der Waals surface area contributed by atoms with Crippen LogP contribution in [0.2, 0.25) is 0 Å². The number of aromatic amines is 1. The average molecular weight is 247 g/mol. The maximum atomic E-state index is 12.2. The summed E-state index contributed by atoms with van der Waals surface area (Å²) in [6, 6.07) is 1.75. The molecular weight excluding hydrogens is 234 g/mol. The van der Waals surface area contributed by atoms with Crippen LogP contribution in [0.15, 0.2) is 17.0 Å². The van der Waals surface area contributed by atoms with Crippen LogP contribution in [-0.4, -0.2) is 44.2 Å². The molecule has 7 heteroatoms. The number of amides is 1. The number of hydrogen-bond donors (Lipinski definition) is 1. The minimum absolute atomic E-state index is 0.0506. The highest BCUT2D eigenvalue weighted by atomic mass is 16.5. The maximum absolute atomic E-state index is 12.2. The van der Waals surface area contributed by atoms with E-state index in [2.05, 4.69) is 20.3 Å². The lowest BCUT2D eigenvalue weighted by Gasteiger charge is -2.13. The van der Waals surface area contributed by atoms with Crippen molar-refractivity contribution in [3.05, 3.63) is 29.7 Å². The second kappa shape index (κ2) is 4.25. The molecule has 3 rings (SSSR count). The van der Waals surface area contributed by atoms with Gasteiger partial charge >= 0.3 is 0 Å². The van der Waals surface area contributed by atoms with Crippen LogP contribution >= 0.6 is 0 Å². The molecule has 7 nitrogen and oxygen atoms in total. The highest BCUT2D eigenvalue weighted by Gasteiger charge is 2.31. The van der Waals surface area contributed by atoms with Crippen LogP contribution < -0.4 is 0 Å². The molecule has 3 heterocycles. The van der Waals surface area contributed by atoms with Gasteiger partial charge in [-0.3, -0.25) is 9.89 Å². The van der Waals surface area contributed by atoms with Crippen LogP contribution in [-0.2, 0) is 0 Å². The molecule has 1 unspecified atom stereocenters. The molecule has 0 bridgehead atoms. The molecule has 1 aliphatic rings. The van der Waals surface area contributed by atoms with Gasteiger partial charge in [-0.25, -0.2) is 0 Å². The standard InChI is InChI=1S/C11H13N5O2/c1-7-4-9(14-13-7)11(17)16-3-2-8(5-16)10-12-6-18-15-10/h4,6,8H,2-3,5H2,1H3,(H,13,14). The van der Waals surface area contributed by atoms with Gasteiger partial charge in [0.1, 0.15) is 5.69 Å². The Morgan fingerprint density at radius 3 is 3.17 bits per heavy atom. The number of carbonyl (C=O) groups excluding carboxylic acids is 1. The van der Waals surface area contributed by atoms with E-state index in [0.717, 1.165) is 12.1 Å². The van der Waals surface area contributed by atoms with Gasteiger partial charge in [-0.1, -0.05) is 5.16 Å². The van der Waals surface area contributed by atoms with E-state index >= 15 is 0 Å². The number of aryl methyl sites for hydroxylation is 1. The zero-order valence-electron chi connectivity index (χ0n) is 9.96. The number of aromatic nitrogens is 4. The van der Waals surface area contributed by atoms with E-state index in [-0.39, 0.29) is 11.8 Å². The van der Waals surface area contributed by atoms with Crippen LogP contribution in [0.4, 0.5) is 0 Å². The molecule has 2 aromatic heterocycles. The van der Waals surface area contributed by atoms with Gasteiger partial charge in [0.25, 0.3) is 5.91 Å². The zero-order chi connectivity index (χ0) is 12.5. The van der Waals surface area contributed by atoms with Crippen LogP contribution in [0.3, 0.4) is 0 Å². The number of rotatable bonds is 2. The first kappa shape index (κ1) is 10.9. The predicted molar refractivity (Wildman–Crippen MR) is 60.9 cm³/mol. The first-order valence-electron chi connectivity index (χ1n) is 5.81. The third-order valence-corrected chi connectivity index (χ3v) is 3.14. The van der Waals surface area contributed by atoms with Crippen molar-refractivity contribution in [2.24, 2.45) is 0 Å². The van der Waals surface area contributed by atoms with E-state index in [1.165, 1.54) is 6.39 Å². The Balaban J connectivity index is 1.70. The van der Waals surface area contributed by atoms with Crippen molar-refractivity contribution in [1.29, 1.82) is 0 Å². The molecule has 0 saturated carbocycles. The Bertz CT molecular complexity index is 548. The Morgan fingerprint density at radius 2 is 2.50 bits per heavy atom. The normalized spacial score (nSPS) is 19.4. The van der Waals surface area contributed by atoms with Crippen LogP contribution in [0.1, 0.15) is 34.3 Å². The maximum Gasteiger partial charge on any atom is 0.274 e. The largest absolute Gasteiger partial charge is 0.343 e. The lowest BCUT2D eigenvalue weighted by Crippen LogP contribution is -2.28. The van der Waals surface area contributed by atoms with Crippen LogP contribution in [0, 0.1) is 6.92 Å². The Morgan fingerprint density at radius 1 is 1.61 bits per heavy atom. The molecule has 94 valence electrons. The summed E-state index contributed by atoms with van der Waals surface area (Å²) in [6.07, 6.45) is 2.17. The fraction of sp³-hybridized carbons (Fsp3) is 0.455. The number of likely N-dealkylation sites (tertiary alicyclic amines) is 1. The summed E-state index contributed by atoms with van der Waals surface area (Å²) in [5.74, 6) is 0.779. The summed E-state index contributed by atoms with van der Waals surface area (Å²) in [5, 5.41) is 10.6. The molecule has 2 aromatic rings. The number of hydrogen-bond acceptors (Lipinski definition) is 5. The molecule has 1 amide bonds. The number of nitrogens with zero attached hydrogens (tertiary/aromatic N) is 4. The third kappa shape index (κ3) is 1.87. The lowest BCUT2D eigenvalue weighted by molar-refractivity contribution is 0.0784. The van der Waals surface area contributed by atoms with Gasteiger partial charge < -0.3 is 9.42 Å². The number of carbonyl (C=O) groups is 1. The molecule has 1 saturated heterocycles. The van der Waals surface area contributed by atoms with Crippen molar-refractivity contribution in [2.75, 3.05) is 13.1 Å².